The highest BCUT2D eigenvalue weighted by molar-refractivity contribution is 9.10. The smallest absolute Gasteiger partial charge is 0.177 e. The first-order valence-electron chi connectivity index (χ1n) is 4.86. The highest BCUT2D eigenvalue weighted by Gasteiger charge is 2.11. The Balaban J connectivity index is 1.95. The van der Waals surface area contributed by atoms with Gasteiger partial charge in [-0.25, -0.2) is 4.98 Å². The van der Waals surface area contributed by atoms with Crippen LogP contribution in [0.4, 0.5) is 0 Å². The van der Waals surface area contributed by atoms with Crippen molar-refractivity contribution in [3.8, 4) is 0 Å². The summed E-state index contributed by atoms with van der Waals surface area (Å²) in [6.07, 6.45) is 2.08. The molecule has 0 radical (unpaired) electrons. The lowest BCUT2D eigenvalue weighted by Gasteiger charge is -2.26. The van der Waals surface area contributed by atoms with Gasteiger partial charge < -0.3 is 9.88 Å². The van der Waals surface area contributed by atoms with Crippen molar-refractivity contribution in [1.29, 1.82) is 0 Å². The average Bonchev–Trinajstić information content (AvgIpc) is 2.47. The molecular formula is C9H15BrN4. The number of halogens is 1. The third-order valence-electron chi connectivity index (χ3n) is 2.46. The van der Waals surface area contributed by atoms with Crippen LogP contribution in [-0.2, 0) is 13.6 Å². The van der Waals surface area contributed by atoms with Crippen molar-refractivity contribution < 1.29 is 0 Å². The Morgan fingerprint density at radius 2 is 2.21 bits per heavy atom. The highest BCUT2D eigenvalue weighted by atomic mass is 79.9. The van der Waals surface area contributed by atoms with Gasteiger partial charge in [-0.05, 0) is 15.9 Å². The second-order valence-corrected chi connectivity index (χ2v) is 4.35. The van der Waals surface area contributed by atoms with Gasteiger partial charge in [-0.15, -0.1) is 0 Å². The molecule has 0 spiro atoms. The summed E-state index contributed by atoms with van der Waals surface area (Å²) in [6.45, 7) is 5.38. The molecule has 0 aliphatic carbocycles. The van der Waals surface area contributed by atoms with Crippen LogP contribution in [0.2, 0.25) is 0 Å². The molecule has 1 aliphatic heterocycles. The lowest BCUT2D eigenvalue weighted by Crippen LogP contribution is -2.42. The second-order valence-electron chi connectivity index (χ2n) is 3.64. The summed E-state index contributed by atoms with van der Waals surface area (Å²) < 4.78 is 2.90. The first-order chi connectivity index (χ1) is 6.75. The van der Waals surface area contributed by atoms with Crippen LogP contribution in [0.1, 0.15) is 5.69 Å². The molecule has 1 aromatic rings. The molecule has 0 saturated carbocycles. The fourth-order valence-electron chi connectivity index (χ4n) is 1.68. The molecule has 1 saturated heterocycles. The summed E-state index contributed by atoms with van der Waals surface area (Å²) >= 11 is 3.40. The van der Waals surface area contributed by atoms with E-state index in [1.54, 1.807) is 0 Å². The first kappa shape index (κ1) is 10.1. The Morgan fingerprint density at radius 3 is 2.79 bits per heavy atom. The number of nitrogens with zero attached hydrogens (tertiary/aromatic N) is 3. The minimum Gasteiger partial charge on any atom is -0.328 e. The van der Waals surface area contributed by atoms with Crippen LogP contribution in [0, 0.1) is 0 Å². The van der Waals surface area contributed by atoms with Gasteiger partial charge in [-0.3, -0.25) is 4.90 Å². The number of nitrogens with one attached hydrogen (secondary N) is 1. The molecule has 0 amide bonds. The quantitative estimate of drug-likeness (QED) is 0.843. The summed E-state index contributed by atoms with van der Waals surface area (Å²) in [5.74, 6) is 0. The Morgan fingerprint density at radius 1 is 1.50 bits per heavy atom. The predicted molar refractivity (Wildman–Crippen MR) is 59.1 cm³/mol. The predicted octanol–water partition coefficient (Wildman–Crippen LogP) is 0.588. The molecule has 1 aromatic heterocycles. The van der Waals surface area contributed by atoms with Gasteiger partial charge in [0.05, 0.1) is 5.69 Å². The van der Waals surface area contributed by atoms with Crippen LogP contribution in [0.3, 0.4) is 0 Å². The van der Waals surface area contributed by atoms with Crippen molar-refractivity contribution in [3.63, 3.8) is 0 Å². The number of aryl methyl sites for hydroxylation is 1. The van der Waals surface area contributed by atoms with E-state index < -0.39 is 0 Å². The number of aromatic nitrogens is 2. The second kappa shape index (κ2) is 4.42. The first-order valence-corrected chi connectivity index (χ1v) is 5.66. The highest BCUT2D eigenvalue weighted by Crippen LogP contribution is 2.10. The van der Waals surface area contributed by atoms with Gasteiger partial charge in [-0.2, -0.15) is 0 Å². The van der Waals surface area contributed by atoms with Gasteiger partial charge in [0.25, 0.3) is 0 Å². The summed E-state index contributed by atoms with van der Waals surface area (Å²) in [7, 11) is 2.00. The lowest BCUT2D eigenvalue weighted by atomic mass is 10.3. The van der Waals surface area contributed by atoms with Crippen molar-refractivity contribution in [2.24, 2.45) is 7.05 Å². The molecule has 14 heavy (non-hydrogen) atoms. The Labute approximate surface area is 92.4 Å². The normalized spacial score (nSPS) is 18.7. The Hall–Kier alpha value is -0.390. The van der Waals surface area contributed by atoms with Crippen molar-refractivity contribution in [2.45, 2.75) is 6.54 Å². The average molecular weight is 259 g/mol. The molecular weight excluding hydrogens is 244 g/mol. The number of piperazine rings is 1. The van der Waals surface area contributed by atoms with Gasteiger partial charge in [0.1, 0.15) is 0 Å². The molecule has 0 aromatic carbocycles. The molecule has 0 bridgehead atoms. The molecule has 78 valence electrons. The van der Waals surface area contributed by atoms with Gasteiger partial charge in [0.15, 0.2) is 4.73 Å². The van der Waals surface area contributed by atoms with E-state index in [4.69, 9.17) is 0 Å². The molecule has 4 nitrogen and oxygen atoms in total. The molecule has 1 fully saturated rings. The number of imidazole rings is 1. The zero-order chi connectivity index (χ0) is 9.97. The summed E-state index contributed by atoms with van der Waals surface area (Å²) in [5, 5.41) is 3.34. The molecule has 1 N–H and O–H groups in total. The van der Waals surface area contributed by atoms with Crippen LogP contribution in [0.15, 0.2) is 10.9 Å². The van der Waals surface area contributed by atoms with Crippen LogP contribution in [0.5, 0.6) is 0 Å². The number of hydrogen-bond acceptors (Lipinski definition) is 3. The number of hydrogen-bond donors (Lipinski definition) is 1. The zero-order valence-electron chi connectivity index (χ0n) is 8.33. The van der Waals surface area contributed by atoms with E-state index in [0.717, 1.165) is 43.2 Å². The maximum absolute atomic E-state index is 4.42. The lowest BCUT2D eigenvalue weighted by molar-refractivity contribution is 0.231. The SMILES string of the molecule is Cn1cc(CN2CCNCC2)nc1Br. The summed E-state index contributed by atoms with van der Waals surface area (Å²) in [4.78, 5) is 6.84. The van der Waals surface area contributed by atoms with E-state index in [2.05, 4.69) is 37.3 Å². The van der Waals surface area contributed by atoms with Crippen LogP contribution < -0.4 is 5.32 Å². The van der Waals surface area contributed by atoms with Gasteiger partial charge in [0.2, 0.25) is 0 Å². The zero-order valence-corrected chi connectivity index (χ0v) is 9.92. The number of rotatable bonds is 2. The minimum absolute atomic E-state index is 0.905. The van der Waals surface area contributed by atoms with Crippen molar-refractivity contribution in [2.75, 3.05) is 26.2 Å². The molecule has 2 rings (SSSR count). The molecule has 2 heterocycles. The van der Waals surface area contributed by atoms with Crippen molar-refractivity contribution in [1.82, 2.24) is 19.8 Å². The maximum atomic E-state index is 4.42. The van der Waals surface area contributed by atoms with Gasteiger partial charge in [0, 0.05) is 46.0 Å². The van der Waals surface area contributed by atoms with Crippen LogP contribution >= 0.6 is 15.9 Å². The fourth-order valence-corrected chi connectivity index (χ4v) is 2.01. The fraction of sp³-hybridized carbons (Fsp3) is 0.667. The monoisotopic (exact) mass is 258 g/mol. The van der Waals surface area contributed by atoms with E-state index >= 15 is 0 Å². The molecule has 1 aliphatic rings. The third-order valence-corrected chi connectivity index (χ3v) is 3.20. The molecule has 0 atom stereocenters. The summed E-state index contributed by atoms with van der Waals surface area (Å²) in [6, 6.07) is 0. The van der Waals surface area contributed by atoms with Crippen LogP contribution in [0.25, 0.3) is 0 Å². The van der Waals surface area contributed by atoms with Crippen molar-refractivity contribution in [3.05, 3.63) is 16.6 Å². The van der Waals surface area contributed by atoms with E-state index in [0.29, 0.717) is 0 Å². The van der Waals surface area contributed by atoms with Crippen molar-refractivity contribution >= 4 is 15.9 Å². The standard InChI is InChI=1S/C9H15BrN4/c1-13-6-8(12-9(13)10)7-14-4-2-11-3-5-14/h6,11H,2-5,7H2,1H3. The van der Waals surface area contributed by atoms with E-state index in [1.807, 2.05) is 11.6 Å². The topological polar surface area (TPSA) is 33.1 Å². The minimum atomic E-state index is 0.905. The molecule has 5 heteroatoms. The maximum Gasteiger partial charge on any atom is 0.177 e. The van der Waals surface area contributed by atoms with Gasteiger partial charge in [-0.1, -0.05) is 0 Å². The molecule has 0 unspecified atom stereocenters. The Kier molecular flexibility index (Phi) is 3.20. The summed E-state index contributed by atoms with van der Waals surface area (Å²) in [5.41, 5.74) is 1.14. The third kappa shape index (κ3) is 2.34. The van der Waals surface area contributed by atoms with Gasteiger partial charge >= 0.3 is 0 Å². The Bertz CT molecular complexity index is 284. The van der Waals surface area contributed by atoms with Crippen LogP contribution in [-0.4, -0.2) is 40.6 Å². The van der Waals surface area contributed by atoms with E-state index in [1.165, 1.54) is 0 Å². The largest absolute Gasteiger partial charge is 0.328 e. The van der Waals surface area contributed by atoms with E-state index in [-0.39, 0.29) is 0 Å². The van der Waals surface area contributed by atoms with E-state index in [9.17, 15) is 0 Å².